The third kappa shape index (κ3) is 3.25. The molecule has 1 heterocycles. The molecule has 26 heavy (non-hydrogen) atoms. The van der Waals surface area contributed by atoms with Crippen molar-refractivity contribution >= 4 is 10.9 Å². The highest BCUT2D eigenvalue weighted by Gasteiger charge is 2.14. The van der Waals surface area contributed by atoms with Crippen molar-refractivity contribution in [2.24, 2.45) is 0 Å². The summed E-state index contributed by atoms with van der Waals surface area (Å²) < 4.78 is 0. The van der Waals surface area contributed by atoms with E-state index in [0.29, 0.717) is 0 Å². The minimum Gasteiger partial charge on any atom is -0.248 e. The monoisotopic (exact) mass is 337 g/mol. The molecule has 128 valence electrons. The third-order valence-corrected chi connectivity index (χ3v) is 4.84. The molecule has 1 heteroatoms. The van der Waals surface area contributed by atoms with E-state index < -0.39 is 0 Å². The number of benzene rings is 3. The summed E-state index contributed by atoms with van der Waals surface area (Å²) in [6.07, 6.45) is 0. The molecule has 0 fully saturated rings. The van der Waals surface area contributed by atoms with Gasteiger partial charge >= 0.3 is 0 Å². The van der Waals surface area contributed by atoms with E-state index >= 15 is 0 Å². The summed E-state index contributed by atoms with van der Waals surface area (Å²) in [5.41, 5.74) is 7.20. The lowest BCUT2D eigenvalue weighted by atomic mass is 9.85. The van der Waals surface area contributed by atoms with Crippen LogP contribution in [0.15, 0.2) is 84.9 Å². The molecule has 4 rings (SSSR count). The Morgan fingerprint density at radius 2 is 1.35 bits per heavy atom. The maximum Gasteiger partial charge on any atom is 0.0709 e. The molecule has 0 aliphatic carbocycles. The number of fused-ring (bicyclic) bond motifs is 1. The summed E-state index contributed by atoms with van der Waals surface area (Å²) in [6.45, 7) is 6.75. The molecule has 0 radical (unpaired) electrons. The fourth-order valence-corrected chi connectivity index (χ4v) is 3.23. The average molecular weight is 337 g/mol. The molecule has 3 aromatic carbocycles. The normalized spacial score (nSPS) is 11.7. The van der Waals surface area contributed by atoms with Crippen molar-refractivity contribution in [3.63, 3.8) is 0 Å². The molecule has 0 amide bonds. The van der Waals surface area contributed by atoms with Gasteiger partial charge in [0.1, 0.15) is 0 Å². The number of para-hydroxylation sites is 1. The second kappa shape index (κ2) is 6.42. The highest BCUT2D eigenvalue weighted by molar-refractivity contribution is 5.81. The van der Waals surface area contributed by atoms with E-state index in [1.54, 1.807) is 0 Å². The van der Waals surface area contributed by atoms with Crippen molar-refractivity contribution in [2.75, 3.05) is 0 Å². The predicted molar refractivity (Wildman–Crippen MR) is 111 cm³/mol. The van der Waals surface area contributed by atoms with E-state index in [1.807, 2.05) is 12.1 Å². The van der Waals surface area contributed by atoms with Crippen LogP contribution in [0.4, 0.5) is 0 Å². The van der Waals surface area contributed by atoms with Crippen LogP contribution in [-0.4, -0.2) is 4.98 Å². The number of aromatic nitrogens is 1. The molecule has 0 saturated heterocycles. The van der Waals surface area contributed by atoms with Gasteiger partial charge in [0.15, 0.2) is 0 Å². The summed E-state index contributed by atoms with van der Waals surface area (Å²) in [6, 6.07) is 30.0. The van der Waals surface area contributed by atoms with Crippen LogP contribution < -0.4 is 0 Å². The first-order valence-corrected chi connectivity index (χ1v) is 9.08. The van der Waals surface area contributed by atoms with E-state index in [2.05, 4.69) is 93.6 Å². The van der Waals surface area contributed by atoms with Crippen LogP contribution in [0.25, 0.3) is 33.3 Å². The minimum absolute atomic E-state index is 0.158. The van der Waals surface area contributed by atoms with Crippen LogP contribution in [0.1, 0.15) is 26.3 Å². The van der Waals surface area contributed by atoms with Crippen molar-refractivity contribution in [1.82, 2.24) is 4.98 Å². The number of hydrogen-bond acceptors (Lipinski definition) is 1. The summed E-state index contributed by atoms with van der Waals surface area (Å²) in [5, 5.41) is 1.17. The first kappa shape index (κ1) is 16.5. The standard InChI is InChI=1S/C25H23N/c1-25(2,3)22-9-6-8-21(17-22)18-11-13-20(14-12-18)24-16-15-19-7-4-5-10-23(19)26-24/h4-17H,1-3H3. The van der Waals surface area contributed by atoms with Crippen molar-refractivity contribution in [2.45, 2.75) is 26.2 Å². The number of hydrogen-bond donors (Lipinski definition) is 0. The van der Waals surface area contributed by atoms with Crippen LogP contribution >= 0.6 is 0 Å². The van der Waals surface area contributed by atoms with Crippen LogP contribution in [0.3, 0.4) is 0 Å². The Morgan fingerprint density at radius 3 is 2.12 bits per heavy atom. The molecule has 0 N–H and O–H groups in total. The second-order valence-corrected chi connectivity index (χ2v) is 7.80. The lowest BCUT2D eigenvalue weighted by molar-refractivity contribution is 0.590. The minimum atomic E-state index is 0.158. The van der Waals surface area contributed by atoms with Gasteiger partial charge in [0.2, 0.25) is 0 Å². The second-order valence-electron chi connectivity index (χ2n) is 7.80. The molecule has 0 saturated carbocycles. The quantitative estimate of drug-likeness (QED) is 0.389. The Kier molecular flexibility index (Phi) is 4.08. The Bertz CT molecular complexity index is 1050. The zero-order valence-electron chi connectivity index (χ0n) is 15.5. The molecular weight excluding hydrogens is 314 g/mol. The lowest BCUT2D eigenvalue weighted by Crippen LogP contribution is -2.10. The average Bonchev–Trinajstić information content (AvgIpc) is 2.67. The zero-order valence-corrected chi connectivity index (χ0v) is 15.5. The van der Waals surface area contributed by atoms with Crippen LogP contribution in [-0.2, 0) is 5.41 Å². The van der Waals surface area contributed by atoms with Crippen molar-refractivity contribution < 1.29 is 0 Å². The largest absolute Gasteiger partial charge is 0.248 e. The molecule has 0 spiro atoms. The van der Waals surface area contributed by atoms with E-state index in [1.165, 1.54) is 22.1 Å². The fourth-order valence-electron chi connectivity index (χ4n) is 3.23. The molecule has 0 atom stereocenters. The fraction of sp³-hybridized carbons (Fsp3) is 0.160. The SMILES string of the molecule is CC(C)(C)c1cccc(-c2ccc(-c3ccc4ccccc4n3)cc2)c1. The number of rotatable bonds is 2. The van der Waals surface area contributed by atoms with Gasteiger partial charge in [-0.05, 0) is 34.2 Å². The number of nitrogens with zero attached hydrogens (tertiary/aromatic N) is 1. The van der Waals surface area contributed by atoms with Gasteiger partial charge in [0, 0.05) is 10.9 Å². The van der Waals surface area contributed by atoms with E-state index in [-0.39, 0.29) is 5.41 Å². The summed E-state index contributed by atoms with van der Waals surface area (Å²) in [5.74, 6) is 0. The van der Waals surface area contributed by atoms with Crippen LogP contribution in [0.5, 0.6) is 0 Å². The highest BCUT2D eigenvalue weighted by Crippen LogP contribution is 2.29. The van der Waals surface area contributed by atoms with Crippen molar-refractivity contribution in [3.05, 3.63) is 90.5 Å². The Balaban J connectivity index is 1.68. The van der Waals surface area contributed by atoms with Crippen molar-refractivity contribution in [1.29, 1.82) is 0 Å². The van der Waals surface area contributed by atoms with Gasteiger partial charge in [0.25, 0.3) is 0 Å². The smallest absolute Gasteiger partial charge is 0.0709 e. The molecular formula is C25H23N. The first-order valence-electron chi connectivity index (χ1n) is 9.08. The Hall–Kier alpha value is -2.93. The topological polar surface area (TPSA) is 12.9 Å². The van der Waals surface area contributed by atoms with Crippen LogP contribution in [0.2, 0.25) is 0 Å². The summed E-state index contributed by atoms with van der Waals surface area (Å²) >= 11 is 0. The van der Waals surface area contributed by atoms with Gasteiger partial charge < -0.3 is 0 Å². The number of pyridine rings is 1. The van der Waals surface area contributed by atoms with Gasteiger partial charge in [-0.2, -0.15) is 0 Å². The maximum atomic E-state index is 4.79. The maximum absolute atomic E-state index is 4.79. The van der Waals surface area contributed by atoms with Gasteiger partial charge in [-0.15, -0.1) is 0 Å². The van der Waals surface area contributed by atoms with Gasteiger partial charge in [-0.3, -0.25) is 0 Å². The van der Waals surface area contributed by atoms with Gasteiger partial charge in [-0.25, -0.2) is 4.98 Å². The molecule has 0 aliphatic heterocycles. The lowest BCUT2D eigenvalue weighted by Gasteiger charge is -2.19. The Morgan fingerprint density at radius 1 is 0.615 bits per heavy atom. The van der Waals surface area contributed by atoms with Crippen molar-refractivity contribution in [3.8, 4) is 22.4 Å². The molecule has 1 aromatic heterocycles. The molecule has 0 bridgehead atoms. The van der Waals surface area contributed by atoms with E-state index in [0.717, 1.165) is 16.8 Å². The Labute approximate surface area is 155 Å². The van der Waals surface area contributed by atoms with E-state index in [9.17, 15) is 0 Å². The first-order chi connectivity index (χ1) is 12.5. The predicted octanol–water partition coefficient (Wildman–Crippen LogP) is 6.87. The van der Waals surface area contributed by atoms with E-state index in [4.69, 9.17) is 4.98 Å². The third-order valence-electron chi connectivity index (χ3n) is 4.84. The summed E-state index contributed by atoms with van der Waals surface area (Å²) in [7, 11) is 0. The highest BCUT2D eigenvalue weighted by atomic mass is 14.7. The molecule has 0 aliphatic rings. The molecule has 0 unspecified atom stereocenters. The van der Waals surface area contributed by atoms with Crippen LogP contribution in [0, 0.1) is 0 Å². The summed E-state index contributed by atoms with van der Waals surface area (Å²) in [4.78, 5) is 4.79. The molecule has 1 nitrogen and oxygen atoms in total. The van der Waals surface area contributed by atoms with Gasteiger partial charge in [-0.1, -0.05) is 93.6 Å². The zero-order chi connectivity index (χ0) is 18.1. The van der Waals surface area contributed by atoms with Gasteiger partial charge in [0.05, 0.1) is 11.2 Å². The molecule has 4 aromatic rings.